The first kappa shape index (κ1) is 23.2. The number of aliphatic hydroxyl groups is 1. The van der Waals surface area contributed by atoms with Gasteiger partial charge in [0.2, 0.25) is 15.9 Å². The third kappa shape index (κ3) is 5.50. The van der Waals surface area contributed by atoms with Gasteiger partial charge in [-0.15, -0.1) is 0 Å². The number of non-ortho nitro benzene ring substituents is 1. The number of nitro benzene ring substituents is 1. The van der Waals surface area contributed by atoms with Crippen molar-refractivity contribution in [1.29, 1.82) is 0 Å². The van der Waals surface area contributed by atoms with Gasteiger partial charge in [-0.05, 0) is 25.3 Å². The molecule has 0 spiro atoms. The van der Waals surface area contributed by atoms with E-state index in [2.05, 4.69) is 0 Å². The summed E-state index contributed by atoms with van der Waals surface area (Å²) < 4.78 is 32.1. The molecule has 1 amide bonds. The molecule has 1 aromatic rings. The molecule has 11 heteroatoms. The fourth-order valence-corrected chi connectivity index (χ4v) is 5.14. The van der Waals surface area contributed by atoms with Crippen molar-refractivity contribution in [1.82, 2.24) is 9.21 Å². The Morgan fingerprint density at radius 2 is 2.03 bits per heavy atom. The molecule has 1 aliphatic heterocycles. The number of hydrogen-bond donors (Lipinski definition) is 1. The molecule has 29 heavy (non-hydrogen) atoms. The second kappa shape index (κ2) is 9.61. The highest BCUT2D eigenvalue weighted by Crippen LogP contribution is 2.28. The molecular formula is C18H27N3O7S. The highest BCUT2D eigenvalue weighted by molar-refractivity contribution is 7.89. The lowest BCUT2D eigenvalue weighted by Crippen LogP contribution is -2.45. The molecule has 162 valence electrons. The molecule has 0 bridgehead atoms. The first-order valence-corrected chi connectivity index (χ1v) is 10.7. The van der Waals surface area contributed by atoms with Gasteiger partial charge in [0.15, 0.2) is 0 Å². The van der Waals surface area contributed by atoms with Crippen molar-refractivity contribution in [3.8, 4) is 0 Å². The first-order valence-electron chi connectivity index (χ1n) is 9.25. The van der Waals surface area contributed by atoms with Crippen molar-refractivity contribution in [3.63, 3.8) is 0 Å². The Morgan fingerprint density at radius 1 is 1.41 bits per heavy atom. The lowest BCUT2D eigenvalue weighted by molar-refractivity contribution is -0.385. The van der Waals surface area contributed by atoms with Crippen LogP contribution in [0.15, 0.2) is 23.1 Å². The normalized spacial score (nSPS) is 17.1. The van der Waals surface area contributed by atoms with Crippen molar-refractivity contribution in [2.24, 2.45) is 5.92 Å². The number of amides is 1. The Bertz CT molecular complexity index is 851. The lowest BCUT2D eigenvalue weighted by atomic mass is 9.96. The molecule has 10 nitrogen and oxygen atoms in total. The van der Waals surface area contributed by atoms with Crippen molar-refractivity contribution < 1.29 is 28.0 Å². The van der Waals surface area contributed by atoms with Gasteiger partial charge in [-0.2, -0.15) is 4.31 Å². The number of carbonyl (C=O) groups is 1. The third-order valence-electron chi connectivity index (χ3n) is 5.02. The number of rotatable bonds is 8. The van der Waals surface area contributed by atoms with Gasteiger partial charge in [-0.1, -0.05) is 6.07 Å². The second-order valence-corrected chi connectivity index (χ2v) is 9.12. The second-order valence-electron chi connectivity index (χ2n) is 7.21. The molecule has 1 aromatic carbocycles. The molecule has 0 aliphatic carbocycles. The SMILES string of the molecule is COC[C@@H](O)CN(C)C(=O)C1CCN(S(=O)(=O)c2cc([N+](=O)[O-])ccc2C)CC1. The predicted molar refractivity (Wildman–Crippen MR) is 105 cm³/mol. The van der Waals surface area contributed by atoms with Crippen LogP contribution in [0, 0.1) is 23.0 Å². The molecule has 0 aromatic heterocycles. The van der Waals surface area contributed by atoms with Gasteiger partial charge in [-0.25, -0.2) is 8.42 Å². The molecule has 0 saturated carbocycles. The van der Waals surface area contributed by atoms with Crippen LogP contribution < -0.4 is 0 Å². The number of sulfonamides is 1. The quantitative estimate of drug-likeness (QED) is 0.477. The maximum absolute atomic E-state index is 13.0. The Kier molecular flexibility index (Phi) is 7.69. The van der Waals surface area contributed by atoms with Crippen molar-refractivity contribution in [2.75, 3.05) is 40.4 Å². The number of aryl methyl sites for hydroxylation is 1. The minimum atomic E-state index is -3.90. The average Bonchev–Trinajstić information content (AvgIpc) is 2.67. The van der Waals surface area contributed by atoms with E-state index in [4.69, 9.17) is 4.74 Å². The monoisotopic (exact) mass is 429 g/mol. The summed E-state index contributed by atoms with van der Waals surface area (Å²) in [4.78, 5) is 24.3. The number of aliphatic hydroxyl groups excluding tert-OH is 1. The van der Waals surface area contributed by atoms with Crippen LogP contribution in [0.2, 0.25) is 0 Å². The van der Waals surface area contributed by atoms with E-state index >= 15 is 0 Å². The van der Waals surface area contributed by atoms with E-state index in [-0.39, 0.29) is 48.6 Å². The molecule has 0 unspecified atom stereocenters. The van der Waals surface area contributed by atoms with Gasteiger partial charge >= 0.3 is 0 Å². The smallest absolute Gasteiger partial charge is 0.270 e. The predicted octanol–water partition coefficient (Wildman–Crippen LogP) is 0.770. The number of methoxy groups -OCH3 is 1. The van der Waals surface area contributed by atoms with Crippen LogP contribution in [0.4, 0.5) is 5.69 Å². The van der Waals surface area contributed by atoms with E-state index in [0.29, 0.717) is 18.4 Å². The number of carbonyl (C=O) groups excluding carboxylic acids is 1. The average molecular weight is 429 g/mol. The highest BCUT2D eigenvalue weighted by Gasteiger charge is 2.34. The van der Waals surface area contributed by atoms with E-state index in [1.54, 1.807) is 14.0 Å². The van der Waals surface area contributed by atoms with E-state index in [9.17, 15) is 28.4 Å². The molecular weight excluding hydrogens is 402 g/mol. The molecule has 1 heterocycles. The Hall–Kier alpha value is -2.08. The summed E-state index contributed by atoms with van der Waals surface area (Å²) in [6.07, 6.45) is -0.0979. The minimum Gasteiger partial charge on any atom is -0.389 e. The Morgan fingerprint density at radius 3 is 2.59 bits per heavy atom. The van der Waals surface area contributed by atoms with Crippen LogP contribution >= 0.6 is 0 Å². The standard InChI is InChI=1S/C18H27N3O7S/c1-13-4-5-15(21(24)25)10-17(13)29(26,27)20-8-6-14(7-9-20)18(23)19(2)11-16(22)12-28-3/h4-5,10,14,16,22H,6-9,11-12H2,1-3H3/t16-/m0/s1. The van der Waals surface area contributed by atoms with E-state index in [1.807, 2.05) is 0 Å². The maximum atomic E-state index is 13.0. The summed E-state index contributed by atoms with van der Waals surface area (Å²) in [7, 11) is -0.840. The number of nitrogens with zero attached hydrogens (tertiary/aromatic N) is 3. The van der Waals surface area contributed by atoms with Crippen molar-refractivity contribution in [2.45, 2.75) is 30.8 Å². The third-order valence-corrected chi connectivity index (χ3v) is 7.06. The van der Waals surface area contributed by atoms with Crippen LogP contribution in [0.25, 0.3) is 0 Å². The zero-order valence-electron chi connectivity index (χ0n) is 16.8. The van der Waals surface area contributed by atoms with E-state index in [0.717, 1.165) is 6.07 Å². The number of benzene rings is 1. The number of ether oxygens (including phenoxy) is 1. The molecule has 2 rings (SSSR count). The van der Waals surface area contributed by atoms with Crippen LogP contribution in [0.5, 0.6) is 0 Å². The molecule has 0 radical (unpaired) electrons. The van der Waals surface area contributed by atoms with Crippen LogP contribution in [-0.2, 0) is 19.6 Å². The van der Waals surface area contributed by atoms with E-state index < -0.39 is 21.1 Å². The van der Waals surface area contributed by atoms with Gasteiger partial charge in [0.25, 0.3) is 5.69 Å². The molecule has 1 saturated heterocycles. The molecule has 1 aliphatic rings. The summed E-state index contributed by atoms with van der Waals surface area (Å²) in [5.41, 5.74) is 0.149. The van der Waals surface area contributed by atoms with Crippen LogP contribution in [0.3, 0.4) is 0 Å². The summed E-state index contributed by atoms with van der Waals surface area (Å²) in [5.74, 6) is -0.490. The van der Waals surface area contributed by atoms with Crippen LogP contribution in [0.1, 0.15) is 18.4 Å². The molecule has 1 N–H and O–H groups in total. The Labute approximate surface area is 170 Å². The van der Waals surface area contributed by atoms with Crippen molar-refractivity contribution in [3.05, 3.63) is 33.9 Å². The molecule has 1 fully saturated rings. The maximum Gasteiger partial charge on any atom is 0.270 e. The Balaban J connectivity index is 2.06. The largest absolute Gasteiger partial charge is 0.389 e. The summed E-state index contributed by atoms with van der Waals surface area (Å²) in [6.45, 7) is 2.15. The number of piperidine rings is 1. The van der Waals surface area contributed by atoms with Crippen LogP contribution in [-0.4, -0.2) is 80.1 Å². The zero-order valence-corrected chi connectivity index (χ0v) is 17.6. The van der Waals surface area contributed by atoms with Gasteiger partial charge in [0.05, 0.1) is 22.5 Å². The van der Waals surface area contributed by atoms with Gasteiger partial charge in [0.1, 0.15) is 0 Å². The number of hydrogen-bond acceptors (Lipinski definition) is 7. The summed E-state index contributed by atoms with van der Waals surface area (Å²) in [6, 6.07) is 3.77. The topological polar surface area (TPSA) is 130 Å². The zero-order chi connectivity index (χ0) is 21.8. The fourth-order valence-electron chi connectivity index (χ4n) is 3.43. The highest BCUT2D eigenvalue weighted by atomic mass is 32.2. The summed E-state index contributed by atoms with van der Waals surface area (Å²) in [5, 5.41) is 20.8. The van der Waals surface area contributed by atoms with Gasteiger partial charge in [-0.3, -0.25) is 14.9 Å². The fraction of sp³-hybridized carbons (Fsp3) is 0.611. The molecule has 1 atom stereocenters. The van der Waals surface area contributed by atoms with Gasteiger partial charge < -0.3 is 14.7 Å². The number of nitro groups is 1. The van der Waals surface area contributed by atoms with Gasteiger partial charge in [0, 0.05) is 51.8 Å². The van der Waals surface area contributed by atoms with Crippen molar-refractivity contribution >= 4 is 21.6 Å². The van der Waals surface area contributed by atoms with E-state index in [1.165, 1.54) is 28.4 Å². The lowest BCUT2D eigenvalue weighted by Gasteiger charge is -2.33. The minimum absolute atomic E-state index is 0.0868. The summed E-state index contributed by atoms with van der Waals surface area (Å²) >= 11 is 0. The first-order chi connectivity index (χ1) is 13.6. The number of likely N-dealkylation sites (N-methyl/N-ethyl adjacent to an activating group) is 1.